The minimum Gasteiger partial charge on any atom is -0.377 e. The molecule has 0 radical (unpaired) electrons. The van der Waals surface area contributed by atoms with Gasteiger partial charge in [-0.25, -0.2) is 0 Å². The molecule has 1 N–H and O–H groups in total. The molecule has 5 nitrogen and oxygen atoms in total. The molecular weight excluding hydrogens is 470 g/mol. The van der Waals surface area contributed by atoms with Gasteiger partial charge in [0.1, 0.15) is 0 Å². The van der Waals surface area contributed by atoms with Crippen LogP contribution in [0.5, 0.6) is 0 Å². The van der Waals surface area contributed by atoms with Gasteiger partial charge in [0, 0.05) is 38.1 Å². The number of carbonyl (C=O) groups excluding carboxylic acids is 2. The van der Waals surface area contributed by atoms with Gasteiger partial charge in [0.2, 0.25) is 5.91 Å². The highest BCUT2D eigenvalue weighted by molar-refractivity contribution is 6.34. The van der Waals surface area contributed by atoms with Crippen LogP contribution in [-0.2, 0) is 11.3 Å². The van der Waals surface area contributed by atoms with Crippen LogP contribution in [-0.4, -0.2) is 36.9 Å². The number of nitrogens with zero attached hydrogens (tertiary/aromatic N) is 2. The van der Waals surface area contributed by atoms with E-state index in [1.54, 1.807) is 24.3 Å². The summed E-state index contributed by atoms with van der Waals surface area (Å²) in [6.45, 7) is 6.69. The highest BCUT2D eigenvalue weighted by atomic mass is 35.5. The van der Waals surface area contributed by atoms with Crippen molar-refractivity contribution >= 4 is 34.8 Å². The van der Waals surface area contributed by atoms with Crippen LogP contribution in [0.25, 0.3) is 0 Å². The lowest BCUT2D eigenvalue weighted by atomic mass is 9.94. The van der Waals surface area contributed by atoms with Crippen LogP contribution in [0, 0.1) is 0 Å². The number of hydrogen-bond acceptors (Lipinski definition) is 3. The molecule has 0 fully saturated rings. The molecule has 6 heteroatoms. The largest absolute Gasteiger partial charge is 0.377 e. The average Bonchev–Trinajstić information content (AvgIpc) is 2.88. The predicted octanol–water partition coefficient (Wildman–Crippen LogP) is 6.98. The van der Waals surface area contributed by atoms with Gasteiger partial charge in [-0.1, -0.05) is 67.9 Å². The molecule has 190 valence electrons. The molecule has 0 aromatic heterocycles. The average molecular weight is 506 g/mol. The van der Waals surface area contributed by atoms with Crippen LogP contribution in [0.2, 0.25) is 5.02 Å². The van der Waals surface area contributed by atoms with E-state index in [0.29, 0.717) is 22.8 Å². The third-order valence-corrected chi connectivity index (χ3v) is 6.92. The maximum absolute atomic E-state index is 13.9. The van der Waals surface area contributed by atoms with Crippen molar-refractivity contribution in [3.05, 3.63) is 94.5 Å². The smallest absolute Gasteiger partial charge is 0.257 e. The summed E-state index contributed by atoms with van der Waals surface area (Å²) in [5.74, 6) is -0.353. The first-order chi connectivity index (χ1) is 17.3. The highest BCUT2D eigenvalue weighted by Crippen LogP contribution is 2.29. The first kappa shape index (κ1) is 27.3. The summed E-state index contributed by atoms with van der Waals surface area (Å²) >= 11 is 6.22. The number of halogens is 1. The molecule has 36 heavy (non-hydrogen) atoms. The third kappa shape index (κ3) is 6.46. The number of amides is 2. The Hall–Kier alpha value is -3.31. The predicted molar refractivity (Wildman–Crippen MR) is 150 cm³/mol. The Morgan fingerprint density at radius 3 is 2.19 bits per heavy atom. The number of anilines is 2. The van der Waals surface area contributed by atoms with E-state index in [2.05, 4.69) is 26.1 Å². The van der Waals surface area contributed by atoms with E-state index in [1.165, 1.54) is 0 Å². The van der Waals surface area contributed by atoms with E-state index in [0.717, 1.165) is 29.7 Å². The zero-order chi connectivity index (χ0) is 26.2. The van der Waals surface area contributed by atoms with Gasteiger partial charge in [-0.05, 0) is 61.2 Å². The molecular formula is C30H36ClN3O2. The first-order valence-electron chi connectivity index (χ1n) is 12.5. The molecule has 0 spiro atoms. The van der Waals surface area contributed by atoms with Gasteiger partial charge >= 0.3 is 0 Å². The summed E-state index contributed by atoms with van der Waals surface area (Å²) in [6, 6.07) is 22.8. The van der Waals surface area contributed by atoms with E-state index in [1.807, 2.05) is 72.4 Å². The Morgan fingerprint density at radius 1 is 0.917 bits per heavy atom. The second kappa shape index (κ2) is 12.6. The Balaban J connectivity index is 1.94. The minimum absolute atomic E-state index is 0.0617. The number of hydrogen-bond donors (Lipinski definition) is 1. The van der Waals surface area contributed by atoms with E-state index in [9.17, 15) is 9.59 Å². The summed E-state index contributed by atoms with van der Waals surface area (Å²) in [5.41, 5.74) is 4.08. The Bertz CT molecular complexity index is 1180. The molecule has 0 heterocycles. The summed E-state index contributed by atoms with van der Waals surface area (Å²) < 4.78 is 0. The molecule has 0 aliphatic carbocycles. The molecule has 0 aliphatic rings. The third-order valence-electron chi connectivity index (χ3n) is 6.59. The summed E-state index contributed by atoms with van der Waals surface area (Å²) in [6.07, 6.45) is 1.57. The van der Waals surface area contributed by atoms with Crippen LogP contribution < -0.4 is 10.2 Å². The van der Waals surface area contributed by atoms with Crippen molar-refractivity contribution in [3.63, 3.8) is 0 Å². The van der Waals surface area contributed by atoms with Crippen molar-refractivity contribution in [2.75, 3.05) is 24.3 Å². The molecule has 0 unspecified atom stereocenters. The maximum atomic E-state index is 13.9. The van der Waals surface area contributed by atoms with Gasteiger partial charge in [-0.3, -0.25) is 9.59 Å². The van der Waals surface area contributed by atoms with Crippen molar-refractivity contribution in [2.24, 2.45) is 0 Å². The monoisotopic (exact) mass is 505 g/mol. The van der Waals surface area contributed by atoms with Crippen molar-refractivity contribution in [1.29, 1.82) is 0 Å². The Morgan fingerprint density at radius 2 is 1.58 bits per heavy atom. The summed E-state index contributed by atoms with van der Waals surface area (Å²) in [7, 11) is 3.96. The number of rotatable bonds is 10. The fraction of sp³-hybridized carbons (Fsp3) is 0.333. The second-order valence-electron chi connectivity index (χ2n) is 9.27. The van der Waals surface area contributed by atoms with E-state index >= 15 is 0 Å². The van der Waals surface area contributed by atoms with E-state index in [-0.39, 0.29) is 23.8 Å². The normalized spacial score (nSPS) is 12.5. The number of nitrogens with one attached hydrogen (secondary N) is 1. The molecule has 2 atom stereocenters. The van der Waals surface area contributed by atoms with Crippen molar-refractivity contribution < 1.29 is 9.59 Å². The fourth-order valence-electron chi connectivity index (χ4n) is 4.36. The van der Waals surface area contributed by atoms with Crippen LogP contribution in [0.1, 0.15) is 61.0 Å². The Kier molecular flexibility index (Phi) is 9.54. The lowest BCUT2D eigenvalue weighted by Crippen LogP contribution is -2.41. The second-order valence-corrected chi connectivity index (χ2v) is 9.67. The van der Waals surface area contributed by atoms with Gasteiger partial charge in [-0.15, -0.1) is 0 Å². The molecule has 2 amide bonds. The zero-order valence-corrected chi connectivity index (χ0v) is 22.5. The van der Waals surface area contributed by atoms with Crippen LogP contribution in [0.4, 0.5) is 11.4 Å². The molecule has 3 rings (SSSR count). The minimum atomic E-state index is -0.269. The molecule has 0 aliphatic heterocycles. The van der Waals surface area contributed by atoms with Gasteiger partial charge in [-0.2, -0.15) is 0 Å². The zero-order valence-electron chi connectivity index (χ0n) is 21.8. The molecule has 0 saturated heterocycles. The maximum Gasteiger partial charge on any atom is 0.257 e. The van der Waals surface area contributed by atoms with Crippen LogP contribution >= 0.6 is 11.6 Å². The first-order valence-corrected chi connectivity index (χ1v) is 12.9. The van der Waals surface area contributed by atoms with E-state index in [4.69, 9.17) is 11.6 Å². The van der Waals surface area contributed by atoms with Crippen molar-refractivity contribution in [1.82, 2.24) is 4.90 Å². The van der Waals surface area contributed by atoms with Gasteiger partial charge < -0.3 is 15.1 Å². The standard InChI is InChI=1S/C30H36ClN3O2/c1-6-21(3)34(30(36)25(7-2)22-13-9-8-10-14-22)20-23-19-24(17-18-28(23)33(4)5)32-29(35)26-15-11-12-16-27(26)31/h8-19,21,25H,6-7,20H2,1-5H3,(H,32,35)/t21-,25-/m0/s1. The quantitative estimate of drug-likeness (QED) is 0.323. The molecule has 3 aromatic rings. The van der Waals surface area contributed by atoms with Gasteiger partial charge in [0.05, 0.1) is 16.5 Å². The SMILES string of the molecule is CC[C@H](C(=O)N(Cc1cc(NC(=O)c2ccccc2Cl)ccc1N(C)C)[C@@H](C)CC)c1ccccc1. The summed E-state index contributed by atoms with van der Waals surface area (Å²) in [4.78, 5) is 30.7. The van der Waals surface area contributed by atoms with Gasteiger partial charge in [0.25, 0.3) is 5.91 Å². The topological polar surface area (TPSA) is 52.7 Å². The number of carbonyl (C=O) groups is 2. The summed E-state index contributed by atoms with van der Waals surface area (Å²) in [5, 5.41) is 3.37. The fourth-order valence-corrected chi connectivity index (χ4v) is 4.58. The molecule has 0 saturated carbocycles. The van der Waals surface area contributed by atoms with E-state index < -0.39 is 0 Å². The Labute approximate surface area is 220 Å². The molecule has 3 aromatic carbocycles. The highest BCUT2D eigenvalue weighted by Gasteiger charge is 2.28. The number of benzene rings is 3. The molecule has 0 bridgehead atoms. The lowest BCUT2D eigenvalue weighted by molar-refractivity contribution is -0.135. The van der Waals surface area contributed by atoms with Gasteiger partial charge in [0.15, 0.2) is 0 Å². The van der Waals surface area contributed by atoms with Crippen molar-refractivity contribution in [2.45, 2.75) is 52.1 Å². The van der Waals surface area contributed by atoms with Crippen molar-refractivity contribution in [3.8, 4) is 0 Å². The van der Waals surface area contributed by atoms with Crippen LogP contribution in [0.3, 0.4) is 0 Å². The lowest BCUT2D eigenvalue weighted by Gasteiger charge is -2.33. The van der Waals surface area contributed by atoms with Crippen LogP contribution in [0.15, 0.2) is 72.8 Å².